The summed E-state index contributed by atoms with van der Waals surface area (Å²) in [7, 11) is 1.58. The summed E-state index contributed by atoms with van der Waals surface area (Å²) in [5.41, 5.74) is 4.36. The minimum atomic E-state index is -0.240. The van der Waals surface area contributed by atoms with Gasteiger partial charge in [0.2, 0.25) is 5.89 Å². The Morgan fingerprint density at radius 3 is 3.25 bits per heavy atom. The van der Waals surface area contributed by atoms with E-state index in [1.807, 2.05) is 0 Å². The van der Waals surface area contributed by atoms with Crippen LogP contribution < -0.4 is 10.6 Å². The first kappa shape index (κ1) is 14.9. The molecule has 0 atom stereocenters. The highest BCUT2D eigenvalue weighted by Gasteiger charge is 2.21. The van der Waals surface area contributed by atoms with Gasteiger partial charge in [0.25, 0.3) is 5.91 Å². The molecule has 1 aromatic carbocycles. The number of nitrogens with zero attached hydrogens (tertiary/aromatic N) is 2. The third-order valence-electron chi connectivity index (χ3n) is 3.98. The van der Waals surface area contributed by atoms with E-state index in [9.17, 15) is 4.79 Å². The molecule has 1 aliphatic heterocycles. The molecule has 1 amide bonds. The fourth-order valence-corrected chi connectivity index (χ4v) is 2.84. The first-order valence-electron chi connectivity index (χ1n) is 7.71. The summed E-state index contributed by atoms with van der Waals surface area (Å²) in [6.07, 6.45) is 0.850. The number of oxazole rings is 1. The van der Waals surface area contributed by atoms with Crippen molar-refractivity contribution in [2.75, 3.05) is 19.0 Å². The average molecular weight is 327 g/mol. The molecule has 1 aliphatic rings. The number of aromatic nitrogens is 3. The third-order valence-corrected chi connectivity index (χ3v) is 3.98. The van der Waals surface area contributed by atoms with Gasteiger partial charge in [0.05, 0.1) is 0 Å². The van der Waals surface area contributed by atoms with Gasteiger partial charge in [0.15, 0.2) is 11.3 Å². The summed E-state index contributed by atoms with van der Waals surface area (Å²) in [6.45, 7) is 1.85. The van der Waals surface area contributed by atoms with E-state index in [1.165, 1.54) is 0 Å². The Bertz CT molecular complexity index is 898. The van der Waals surface area contributed by atoms with Gasteiger partial charge in [-0.2, -0.15) is 5.10 Å². The van der Waals surface area contributed by atoms with Gasteiger partial charge in [-0.15, -0.1) is 0 Å². The van der Waals surface area contributed by atoms with E-state index in [2.05, 4.69) is 25.8 Å². The molecule has 0 radical (unpaired) electrons. The van der Waals surface area contributed by atoms with Crippen molar-refractivity contribution in [2.45, 2.75) is 19.6 Å². The molecule has 0 saturated heterocycles. The van der Waals surface area contributed by atoms with Crippen LogP contribution in [-0.4, -0.2) is 34.7 Å². The number of hydrogen-bond donors (Lipinski definition) is 3. The predicted molar refractivity (Wildman–Crippen MR) is 86.7 cm³/mol. The zero-order valence-electron chi connectivity index (χ0n) is 13.2. The molecule has 3 heterocycles. The summed E-state index contributed by atoms with van der Waals surface area (Å²) >= 11 is 0. The zero-order valence-corrected chi connectivity index (χ0v) is 13.2. The quantitative estimate of drug-likeness (QED) is 0.672. The number of H-pyrrole nitrogens is 1. The predicted octanol–water partition coefficient (Wildman–Crippen LogP) is 1.60. The van der Waals surface area contributed by atoms with Crippen LogP contribution in [0.15, 0.2) is 22.6 Å². The monoisotopic (exact) mass is 327 g/mol. The smallest absolute Gasteiger partial charge is 0.276 e. The number of carbonyl (C=O) groups excluding carboxylic acids is 1. The summed E-state index contributed by atoms with van der Waals surface area (Å²) in [4.78, 5) is 16.8. The molecule has 3 aromatic rings. The fourth-order valence-electron chi connectivity index (χ4n) is 2.84. The Kier molecular flexibility index (Phi) is 3.75. The minimum Gasteiger partial charge on any atom is -0.438 e. The van der Waals surface area contributed by atoms with Crippen LogP contribution in [0.1, 0.15) is 27.6 Å². The van der Waals surface area contributed by atoms with Gasteiger partial charge in [-0.3, -0.25) is 9.89 Å². The molecule has 0 saturated carbocycles. The Morgan fingerprint density at radius 1 is 1.46 bits per heavy atom. The maximum absolute atomic E-state index is 12.5. The van der Waals surface area contributed by atoms with Gasteiger partial charge in [0, 0.05) is 43.6 Å². The van der Waals surface area contributed by atoms with Crippen molar-refractivity contribution in [3.63, 3.8) is 0 Å². The lowest BCUT2D eigenvalue weighted by Gasteiger charge is -2.12. The average Bonchev–Trinajstić information content (AvgIpc) is 3.18. The molecule has 0 spiro atoms. The first-order chi connectivity index (χ1) is 11.7. The largest absolute Gasteiger partial charge is 0.438 e. The highest BCUT2D eigenvalue weighted by atomic mass is 16.5. The second kappa shape index (κ2) is 6.06. The number of hydrogen-bond acceptors (Lipinski definition) is 6. The number of aromatic amines is 1. The van der Waals surface area contributed by atoms with Crippen LogP contribution in [0.4, 0.5) is 5.69 Å². The second-order valence-electron chi connectivity index (χ2n) is 5.63. The fraction of sp³-hybridized carbons (Fsp3) is 0.312. The van der Waals surface area contributed by atoms with Crippen LogP contribution in [0.5, 0.6) is 0 Å². The van der Waals surface area contributed by atoms with Crippen LogP contribution in [-0.2, 0) is 24.3 Å². The molecular formula is C16H17N5O3. The van der Waals surface area contributed by atoms with Gasteiger partial charge < -0.3 is 19.8 Å². The lowest BCUT2D eigenvalue weighted by Crippen LogP contribution is -2.25. The van der Waals surface area contributed by atoms with Crippen LogP contribution in [0, 0.1) is 0 Å². The maximum atomic E-state index is 12.5. The first-order valence-corrected chi connectivity index (χ1v) is 7.71. The number of ether oxygens (including phenoxy) is 1. The number of anilines is 1. The van der Waals surface area contributed by atoms with Crippen LogP contribution in [0.25, 0.3) is 11.1 Å². The highest BCUT2D eigenvalue weighted by Crippen LogP contribution is 2.22. The van der Waals surface area contributed by atoms with E-state index >= 15 is 0 Å². The number of benzene rings is 1. The highest BCUT2D eigenvalue weighted by molar-refractivity contribution is 6.04. The summed E-state index contributed by atoms with van der Waals surface area (Å²) in [5.74, 6) is 0.264. The summed E-state index contributed by atoms with van der Waals surface area (Å²) in [5, 5.41) is 13.2. The van der Waals surface area contributed by atoms with E-state index in [0.717, 1.165) is 24.2 Å². The van der Waals surface area contributed by atoms with Gasteiger partial charge in [-0.05, 0) is 18.2 Å². The van der Waals surface area contributed by atoms with Crippen molar-refractivity contribution >= 4 is 22.7 Å². The van der Waals surface area contributed by atoms with E-state index in [4.69, 9.17) is 9.15 Å². The van der Waals surface area contributed by atoms with Crippen molar-refractivity contribution in [3.05, 3.63) is 41.0 Å². The standard InChI is InChI=1S/C16H17N5O3/c1-23-8-14-19-12-6-9(2-3-13(12)24-14)18-16(22)15-10-7-17-5-4-11(10)20-21-15/h2-3,6,17H,4-5,7-8H2,1H3,(H,18,22)(H,20,21). The summed E-state index contributed by atoms with van der Waals surface area (Å²) in [6, 6.07) is 5.32. The topological polar surface area (TPSA) is 105 Å². The van der Waals surface area contributed by atoms with Crippen LogP contribution >= 0.6 is 0 Å². The summed E-state index contributed by atoms with van der Waals surface area (Å²) < 4.78 is 10.6. The van der Waals surface area contributed by atoms with Crippen molar-refractivity contribution < 1.29 is 13.9 Å². The zero-order chi connectivity index (χ0) is 16.5. The van der Waals surface area contributed by atoms with E-state index in [1.54, 1.807) is 25.3 Å². The van der Waals surface area contributed by atoms with Gasteiger partial charge in [-0.1, -0.05) is 0 Å². The number of rotatable bonds is 4. The molecule has 24 heavy (non-hydrogen) atoms. The SMILES string of the molecule is COCc1nc2cc(NC(=O)c3n[nH]c4c3CNCC4)ccc2o1. The normalized spacial score (nSPS) is 13.9. The lowest BCUT2D eigenvalue weighted by atomic mass is 10.1. The van der Waals surface area contributed by atoms with Crippen molar-refractivity contribution in [1.82, 2.24) is 20.5 Å². The molecule has 0 bridgehead atoms. The van der Waals surface area contributed by atoms with E-state index in [-0.39, 0.29) is 5.91 Å². The number of nitrogens with one attached hydrogen (secondary N) is 3. The Hall–Kier alpha value is -2.71. The maximum Gasteiger partial charge on any atom is 0.276 e. The molecule has 2 aromatic heterocycles. The minimum absolute atomic E-state index is 0.240. The number of fused-ring (bicyclic) bond motifs is 2. The molecular weight excluding hydrogens is 310 g/mol. The Labute approximate surface area is 137 Å². The number of amides is 1. The van der Waals surface area contributed by atoms with Gasteiger partial charge >= 0.3 is 0 Å². The molecule has 0 aliphatic carbocycles. The van der Waals surface area contributed by atoms with Crippen LogP contribution in [0.3, 0.4) is 0 Å². The number of methoxy groups -OCH3 is 1. The molecule has 8 nitrogen and oxygen atoms in total. The van der Waals surface area contributed by atoms with E-state index < -0.39 is 0 Å². The molecule has 3 N–H and O–H groups in total. The second-order valence-corrected chi connectivity index (χ2v) is 5.63. The van der Waals surface area contributed by atoms with Gasteiger partial charge in [-0.25, -0.2) is 4.98 Å². The van der Waals surface area contributed by atoms with Crippen molar-refractivity contribution in [2.24, 2.45) is 0 Å². The Morgan fingerprint density at radius 2 is 2.38 bits per heavy atom. The Balaban J connectivity index is 1.57. The van der Waals surface area contributed by atoms with Crippen molar-refractivity contribution in [1.29, 1.82) is 0 Å². The van der Waals surface area contributed by atoms with E-state index in [0.29, 0.717) is 41.5 Å². The molecule has 8 heteroatoms. The number of carbonyl (C=O) groups is 1. The molecule has 124 valence electrons. The molecule has 0 fully saturated rings. The van der Waals surface area contributed by atoms with Crippen LogP contribution in [0.2, 0.25) is 0 Å². The van der Waals surface area contributed by atoms with Gasteiger partial charge in [0.1, 0.15) is 12.1 Å². The lowest BCUT2D eigenvalue weighted by molar-refractivity contribution is 0.102. The van der Waals surface area contributed by atoms with Crippen molar-refractivity contribution in [3.8, 4) is 0 Å². The molecule has 4 rings (SSSR count). The molecule has 0 unspecified atom stereocenters. The third kappa shape index (κ3) is 2.66.